The second-order valence-corrected chi connectivity index (χ2v) is 6.36. The van der Waals surface area contributed by atoms with Gasteiger partial charge in [-0.05, 0) is 61.1 Å². The first-order valence-corrected chi connectivity index (χ1v) is 8.22. The summed E-state index contributed by atoms with van der Waals surface area (Å²) in [6.07, 6.45) is 2.18. The third kappa shape index (κ3) is 3.62. The van der Waals surface area contributed by atoms with Crippen LogP contribution in [0.4, 0.5) is 11.4 Å². The summed E-state index contributed by atoms with van der Waals surface area (Å²) in [7, 11) is 0. The minimum absolute atomic E-state index is 0.0917. The minimum atomic E-state index is -0.0917. The highest BCUT2D eigenvalue weighted by Gasteiger charge is 2.24. The van der Waals surface area contributed by atoms with Gasteiger partial charge in [0.05, 0.1) is 5.54 Å². The van der Waals surface area contributed by atoms with Crippen LogP contribution in [0.2, 0.25) is 0 Å². The zero-order valence-electron chi connectivity index (χ0n) is 14.2. The van der Waals surface area contributed by atoms with Gasteiger partial charge in [-0.1, -0.05) is 45.0 Å². The van der Waals surface area contributed by atoms with E-state index in [0.29, 0.717) is 5.92 Å². The van der Waals surface area contributed by atoms with Crippen molar-refractivity contribution in [1.82, 2.24) is 0 Å². The zero-order chi connectivity index (χ0) is 16.2. The van der Waals surface area contributed by atoms with Gasteiger partial charge in [-0.25, -0.2) is 0 Å². The van der Waals surface area contributed by atoms with E-state index in [1.807, 2.05) is 12.1 Å². The molecule has 2 atom stereocenters. The van der Waals surface area contributed by atoms with E-state index in [1.165, 1.54) is 17.5 Å². The third-order valence-corrected chi connectivity index (χ3v) is 4.77. The second-order valence-electron chi connectivity index (χ2n) is 6.36. The Bertz CT molecular complexity index is 586. The Morgan fingerprint density at radius 3 is 2.09 bits per heavy atom. The number of anilines is 2. The summed E-state index contributed by atoms with van der Waals surface area (Å²) in [5.74, 6) is 0.615. The van der Waals surface area contributed by atoms with Crippen LogP contribution in [-0.4, -0.2) is 0 Å². The van der Waals surface area contributed by atoms with E-state index in [-0.39, 0.29) is 5.54 Å². The molecule has 2 heteroatoms. The van der Waals surface area contributed by atoms with Crippen molar-refractivity contribution in [3.05, 3.63) is 59.7 Å². The molecule has 0 aliphatic rings. The lowest BCUT2D eigenvalue weighted by Gasteiger charge is -2.32. The summed E-state index contributed by atoms with van der Waals surface area (Å²) in [6.45, 7) is 8.94. The van der Waals surface area contributed by atoms with Gasteiger partial charge in [0.15, 0.2) is 0 Å². The Kier molecular flexibility index (Phi) is 5.12. The first-order chi connectivity index (χ1) is 10.5. The number of nitrogens with two attached hydrogens (primary N) is 1. The Morgan fingerprint density at radius 2 is 1.59 bits per heavy atom. The molecular formula is C20H28N2. The molecule has 22 heavy (non-hydrogen) atoms. The lowest BCUT2D eigenvalue weighted by atomic mass is 9.88. The molecule has 0 amide bonds. The largest absolute Gasteiger partial charge is 0.399 e. The van der Waals surface area contributed by atoms with Gasteiger partial charge in [0.2, 0.25) is 0 Å². The molecule has 2 aromatic rings. The maximum Gasteiger partial charge on any atom is 0.0594 e. The van der Waals surface area contributed by atoms with E-state index >= 15 is 0 Å². The highest BCUT2D eigenvalue weighted by atomic mass is 15.0. The summed E-state index contributed by atoms with van der Waals surface area (Å²) < 4.78 is 0. The van der Waals surface area contributed by atoms with E-state index in [9.17, 15) is 0 Å². The van der Waals surface area contributed by atoms with Crippen molar-refractivity contribution in [3.8, 4) is 0 Å². The summed E-state index contributed by atoms with van der Waals surface area (Å²) in [6, 6.07) is 17.0. The van der Waals surface area contributed by atoms with E-state index in [4.69, 9.17) is 5.73 Å². The molecule has 0 fully saturated rings. The van der Waals surface area contributed by atoms with E-state index < -0.39 is 0 Å². The van der Waals surface area contributed by atoms with Crippen LogP contribution in [0.5, 0.6) is 0 Å². The predicted octanol–water partition coefficient (Wildman–Crippen LogP) is 5.52. The third-order valence-electron chi connectivity index (χ3n) is 4.77. The van der Waals surface area contributed by atoms with Crippen molar-refractivity contribution in [3.63, 3.8) is 0 Å². The molecule has 3 N–H and O–H groups in total. The van der Waals surface area contributed by atoms with Crippen molar-refractivity contribution in [2.75, 3.05) is 11.1 Å². The molecule has 0 saturated carbocycles. The number of nitrogens with one attached hydrogen (secondary N) is 1. The molecule has 0 radical (unpaired) electrons. The van der Waals surface area contributed by atoms with Crippen LogP contribution in [0, 0.1) is 0 Å². The Labute approximate surface area is 134 Å². The Balaban J connectivity index is 2.20. The first kappa shape index (κ1) is 16.4. The maximum absolute atomic E-state index is 5.80. The van der Waals surface area contributed by atoms with Crippen LogP contribution < -0.4 is 11.1 Å². The van der Waals surface area contributed by atoms with Crippen LogP contribution in [-0.2, 0) is 5.54 Å². The average Bonchev–Trinajstić information content (AvgIpc) is 2.55. The van der Waals surface area contributed by atoms with Gasteiger partial charge < -0.3 is 11.1 Å². The highest BCUT2D eigenvalue weighted by molar-refractivity contribution is 5.50. The molecule has 2 aromatic carbocycles. The van der Waals surface area contributed by atoms with Crippen molar-refractivity contribution < 1.29 is 0 Å². The van der Waals surface area contributed by atoms with Gasteiger partial charge in [0.1, 0.15) is 0 Å². The van der Waals surface area contributed by atoms with Crippen LogP contribution in [0.3, 0.4) is 0 Å². The van der Waals surface area contributed by atoms with Crippen molar-refractivity contribution >= 4 is 11.4 Å². The smallest absolute Gasteiger partial charge is 0.0594 e. The van der Waals surface area contributed by atoms with E-state index in [2.05, 4.69) is 69.4 Å². The zero-order valence-corrected chi connectivity index (χ0v) is 14.2. The fourth-order valence-corrected chi connectivity index (χ4v) is 2.66. The molecule has 118 valence electrons. The predicted molar refractivity (Wildman–Crippen MR) is 97.3 cm³/mol. The molecular weight excluding hydrogens is 268 g/mol. The van der Waals surface area contributed by atoms with Crippen LogP contribution in [0.25, 0.3) is 0 Å². The van der Waals surface area contributed by atoms with Crippen LogP contribution >= 0.6 is 0 Å². The quantitative estimate of drug-likeness (QED) is 0.689. The molecule has 0 heterocycles. The first-order valence-electron chi connectivity index (χ1n) is 8.22. The Hall–Kier alpha value is -1.96. The van der Waals surface area contributed by atoms with Crippen LogP contribution in [0.15, 0.2) is 48.5 Å². The monoisotopic (exact) mass is 296 g/mol. The molecule has 2 unspecified atom stereocenters. The maximum atomic E-state index is 5.80. The number of hydrogen-bond donors (Lipinski definition) is 2. The van der Waals surface area contributed by atoms with Crippen LogP contribution in [0.1, 0.15) is 57.6 Å². The normalized spacial score (nSPS) is 15.1. The van der Waals surface area contributed by atoms with Crippen molar-refractivity contribution in [2.24, 2.45) is 0 Å². The molecule has 0 spiro atoms. The van der Waals surface area contributed by atoms with Crippen molar-refractivity contribution in [2.45, 2.75) is 52.0 Å². The van der Waals surface area contributed by atoms with Gasteiger partial charge in [0, 0.05) is 11.4 Å². The summed E-state index contributed by atoms with van der Waals surface area (Å²) in [5, 5.41) is 3.68. The SMILES string of the molecule is CCC(C)c1ccc(NC(C)(CC)c2ccc(N)cc2)cc1. The fourth-order valence-electron chi connectivity index (χ4n) is 2.66. The van der Waals surface area contributed by atoms with Gasteiger partial charge in [0.25, 0.3) is 0 Å². The molecule has 0 saturated heterocycles. The topological polar surface area (TPSA) is 38.0 Å². The van der Waals surface area contributed by atoms with Gasteiger partial charge in [-0.2, -0.15) is 0 Å². The van der Waals surface area contributed by atoms with Gasteiger partial charge >= 0.3 is 0 Å². The fraction of sp³-hybridized carbons (Fsp3) is 0.400. The average molecular weight is 296 g/mol. The minimum Gasteiger partial charge on any atom is -0.399 e. The lowest BCUT2D eigenvalue weighted by molar-refractivity contribution is 0.523. The molecule has 0 aliphatic heterocycles. The summed E-state index contributed by atoms with van der Waals surface area (Å²) >= 11 is 0. The van der Waals surface area contributed by atoms with Gasteiger partial charge in [-0.15, -0.1) is 0 Å². The summed E-state index contributed by atoms with van der Waals surface area (Å²) in [5.41, 5.74) is 10.3. The molecule has 2 nitrogen and oxygen atoms in total. The standard InChI is InChI=1S/C20H28N2/c1-5-15(3)16-7-13-19(14-8-16)22-20(4,6-2)17-9-11-18(21)12-10-17/h7-15,22H,5-6,21H2,1-4H3. The number of benzene rings is 2. The highest BCUT2D eigenvalue weighted by Crippen LogP contribution is 2.30. The molecule has 0 bridgehead atoms. The lowest BCUT2D eigenvalue weighted by Crippen LogP contribution is -2.31. The van der Waals surface area contributed by atoms with Gasteiger partial charge in [-0.3, -0.25) is 0 Å². The van der Waals surface area contributed by atoms with Crippen molar-refractivity contribution in [1.29, 1.82) is 0 Å². The molecule has 2 rings (SSSR count). The molecule has 0 aliphatic carbocycles. The van der Waals surface area contributed by atoms with E-state index in [0.717, 1.165) is 17.8 Å². The Morgan fingerprint density at radius 1 is 1.00 bits per heavy atom. The summed E-state index contributed by atoms with van der Waals surface area (Å²) in [4.78, 5) is 0. The van der Waals surface area contributed by atoms with E-state index in [1.54, 1.807) is 0 Å². The number of rotatable bonds is 6. The number of nitrogen functional groups attached to an aromatic ring is 1. The number of hydrogen-bond acceptors (Lipinski definition) is 2. The second kappa shape index (κ2) is 6.87. The molecule has 0 aromatic heterocycles.